The molecule has 0 aliphatic rings. The van der Waals surface area contributed by atoms with Crippen molar-refractivity contribution in [2.75, 3.05) is 5.32 Å². The third-order valence-corrected chi connectivity index (χ3v) is 6.82. The number of hydrogen-bond acceptors (Lipinski definition) is 8. The molecule has 0 aliphatic heterocycles. The molecule has 12 nitrogen and oxygen atoms in total. The zero-order valence-corrected chi connectivity index (χ0v) is 25.6. The Morgan fingerprint density at radius 3 is 2.42 bits per heavy atom. The van der Waals surface area contributed by atoms with Gasteiger partial charge in [-0.25, -0.2) is 9.67 Å². The number of ether oxygens (including phenoxy) is 1. The van der Waals surface area contributed by atoms with Gasteiger partial charge in [-0.1, -0.05) is 35.3 Å². The number of benzene rings is 2. The molecule has 0 saturated heterocycles. The summed E-state index contributed by atoms with van der Waals surface area (Å²) >= 11 is 12.5. The Balaban J connectivity index is 1.43. The highest BCUT2D eigenvalue weighted by molar-refractivity contribution is 6.32. The van der Waals surface area contributed by atoms with E-state index >= 15 is 0 Å². The number of aryl methyl sites for hydroxylation is 1. The lowest BCUT2D eigenvalue weighted by Gasteiger charge is -2.16. The van der Waals surface area contributed by atoms with Gasteiger partial charge in [-0.05, 0) is 65.7 Å². The third-order valence-electron chi connectivity index (χ3n) is 6.31. The van der Waals surface area contributed by atoms with Gasteiger partial charge in [-0.2, -0.15) is 23.1 Å². The molecule has 3 aromatic heterocycles. The number of pyridine rings is 1. The minimum Gasteiger partial charge on any atom is -0.406 e. The van der Waals surface area contributed by atoms with Crippen LogP contribution in [0.1, 0.15) is 43.5 Å². The molecule has 5 aromatic rings. The molecule has 20 heteroatoms. The lowest BCUT2D eigenvalue weighted by molar-refractivity contribution is -0.274. The second-order valence-electron chi connectivity index (χ2n) is 9.86. The third kappa shape index (κ3) is 8.18. The molecule has 250 valence electrons. The van der Waals surface area contributed by atoms with Crippen molar-refractivity contribution in [3.63, 3.8) is 0 Å². The van der Waals surface area contributed by atoms with Crippen LogP contribution in [0.15, 0.2) is 60.8 Å². The summed E-state index contributed by atoms with van der Waals surface area (Å²) in [5.41, 5.74) is 0.395. The molecule has 3 heterocycles. The van der Waals surface area contributed by atoms with Crippen molar-refractivity contribution in [3.05, 3.63) is 105 Å². The van der Waals surface area contributed by atoms with Crippen LogP contribution in [0.5, 0.6) is 5.75 Å². The average Bonchev–Trinajstić information content (AvgIpc) is 3.64. The van der Waals surface area contributed by atoms with Crippen LogP contribution in [0.25, 0.3) is 5.82 Å². The van der Waals surface area contributed by atoms with Crippen LogP contribution in [-0.4, -0.2) is 53.1 Å². The number of nitrogens with one attached hydrogen (secondary N) is 2. The van der Waals surface area contributed by atoms with Gasteiger partial charge in [0.15, 0.2) is 5.82 Å². The molecule has 2 N–H and O–H groups in total. The van der Waals surface area contributed by atoms with Gasteiger partial charge in [-0.3, -0.25) is 9.59 Å². The monoisotopic (exact) mass is 713 g/mol. The Morgan fingerprint density at radius 2 is 1.73 bits per heavy atom. The fourth-order valence-electron chi connectivity index (χ4n) is 4.33. The Bertz CT molecular complexity index is 2000. The number of carbonyl (C=O) groups excluding carboxylic acids is 2. The smallest absolute Gasteiger partial charge is 0.406 e. The fraction of sp³-hybridized carbons (Fsp3) is 0.179. The van der Waals surface area contributed by atoms with Crippen LogP contribution in [0.2, 0.25) is 10.0 Å². The first-order valence-electron chi connectivity index (χ1n) is 13.4. The van der Waals surface area contributed by atoms with Crippen LogP contribution in [-0.2, 0) is 19.3 Å². The van der Waals surface area contributed by atoms with Crippen LogP contribution >= 0.6 is 23.2 Å². The van der Waals surface area contributed by atoms with Crippen molar-refractivity contribution in [3.8, 4) is 11.6 Å². The first-order valence-corrected chi connectivity index (χ1v) is 14.1. The van der Waals surface area contributed by atoms with Gasteiger partial charge < -0.3 is 15.4 Å². The number of carbonyl (C=O) groups is 2. The molecular formula is C28H19Cl2F6N9O3. The lowest BCUT2D eigenvalue weighted by Crippen LogP contribution is -2.26. The van der Waals surface area contributed by atoms with Gasteiger partial charge in [0.05, 0.1) is 22.0 Å². The molecule has 0 unspecified atom stereocenters. The summed E-state index contributed by atoms with van der Waals surface area (Å²) in [7, 11) is 0. The maximum absolute atomic E-state index is 13.8. The van der Waals surface area contributed by atoms with E-state index in [0.29, 0.717) is 10.4 Å². The molecule has 0 atom stereocenters. The van der Waals surface area contributed by atoms with E-state index in [1.54, 1.807) is 6.92 Å². The minimum absolute atomic E-state index is 0.000578. The summed E-state index contributed by atoms with van der Waals surface area (Å²) in [6.45, 7) is 0.917. The number of tetrazole rings is 1. The van der Waals surface area contributed by atoms with E-state index in [9.17, 15) is 35.9 Å². The van der Waals surface area contributed by atoms with Gasteiger partial charge >= 0.3 is 12.5 Å². The van der Waals surface area contributed by atoms with E-state index < -0.39 is 42.5 Å². The molecule has 48 heavy (non-hydrogen) atoms. The zero-order valence-electron chi connectivity index (χ0n) is 24.1. The predicted octanol–water partition coefficient (Wildman–Crippen LogP) is 6.02. The van der Waals surface area contributed by atoms with Gasteiger partial charge in [-0.15, -0.1) is 23.4 Å². The molecule has 0 saturated carbocycles. The predicted molar refractivity (Wildman–Crippen MR) is 157 cm³/mol. The van der Waals surface area contributed by atoms with Crippen molar-refractivity contribution in [2.45, 2.75) is 32.6 Å². The SMILES string of the molecule is Cc1cc(Cl)cc(C(=O)NCc2cccc(OC(F)(F)F)c2)c1NC(=O)c1cc(Cn2nnc(C(F)(F)F)n2)nn1-c1ncccc1Cl. The number of rotatable bonds is 9. The maximum atomic E-state index is 13.8. The van der Waals surface area contributed by atoms with Crippen molar-refractivity contribution in [1.29, 1.82) is 0 Å². The molecule has 5 rings (SSSR count). The lowest BCUT2D eigenvalue weighted by atomic mass is 10.1. The molecule has 0 bridgehead atoms. The standard InChI is InChI=1S/C28H19Cl2F6N9O3/c1-14-8-16(29)10-19(24(46)38-12-15-4-2-5-18(9-15)48-28(34,35)36)22(14)39-25(47)21-11-17(13-44-42-26(40-43-44)27(31,32)33)41-45(21)23-20(30)6-3-7-37-23/h2-11H,12-13H2,1H3,(H,38,46)(H,39,47). The molecule has 0 spiro atoms. The fourth-order valence-corrected chi connectivity index (χ4v) is 4.80. The molecule has 0 radical (unpaired) electrons. The van der Waals surface area contributed by atoms with E-state index in [1.807, 2.05) is 0 Å². The maximum Gasteiger partial charge on any atom is 0.573 e. The highest BCUT2D eigenvalue weighted by Crippen LogP contribution is 2.29. The van der Waals surface area contributed by atoms with Crippen LogP contribution < -0.4 is 15.4 Å². The van der Waals surface area contributed by atoms with E-state index in [0.717, 1.165) is 16.8 Å². The summed E-state index contributed by atoms with van der Waals surface area (Å²) in [6, 6.07) is 12.0. The summed E-state index contributed by atoms with van der Waals surface area (Å²) in [4.78, 5) is 31.8. The highest BCUT2D eigenvalue weighted by Gasteiger charge is 2.37. The van der Waals surface area contributed by atoms with Crippen molar-refractivity contribution < 1.29 is 40.7 Å². The van der Waals surface area contributed by atoms with Crippen molar-refractivity contribution >= 4 is 40.7 Å². The topological polar surface area (TPSA) is 142 Å². The number of amides is 2. The first-order chi connectivity index (χ1) is 22.6. The van der Waals surface area contributed by atoms with E-state index in [4.69, 9.17) is 23.2 Å². The van der Waals surface area contributed by atoms with Crippen molar-refractivity contribution in [2.24, 2.45) is 0 Å². The van der Waals surface area contributed by atoms with E-state index in [1.165, 1.54) is 48.7 Å². The Morgan fingerprint density at radius 1 is 0.958 bits per heavy atom. The van der Waals surface area contributed by atoms with Gasteiger partial charge in [0, 0.05) is 17.8 Å². The van der Waals surface area contributed by atoms with Gasteiger partial charge in [0.2, 0.25) is 0 Å². The Labute approximate surface area is 275 Å². The number of nitrogens with zero attached hydrogens (tertiary/aromatic N) is 7. The normalized spacial score (nSPS) is 11.8. The second-order valence-corrected chi connectivity index (χ2v) is 10.7. The number of anilines is 1. The van der Waals surface area contributed by atoms with Crippen LogP contribution in [0.4, 0.5) is 32.0 Å². The quantitative estimate of drug-likeness (QED) is 0.177. The largest absolute Gasteiger partial charge is 0.573 e. The molecule has 2 aromatic carbocycles. The zero-order chi connectivity index (χ0) is 34.8. The molecule has 0 fully saturated rings. The van der Waals surface area contributed by atoms with E-state index in [2.05, 4.69) is 40.9 Å². The summed E-state index contributed by atoms with van der Waals surface area (Å²) in [5, 5.41) is 19.3. The van der Waals surface area contributed by atoms with E-state index in [-0.39, 0.29) is 50.6 Å². The molecule has 0 aliphatic carbocycles. The minimum atomic E-state index is -4.91. The summed E-state index contributed by atoms with van der Waals surface area (Å²) in [5.74, 6) is -3.53. The van der Waals surface area contributed by atoms with Gasteiger partial charge in [0.1, 0.15) is 18.0 Å². The summed E-state index contributed by atoms with van der Waals surface area (Å²) < 4.78 is 81.8. The Kier molecular flexibility index (Phi) is 9.58. The molecular weight excluding hydrogens is 695 g/mol. The number of hydrogen-bond donors (Lipinski definition) is 2. The van der Waals surface area contributed by atoms with Gasteiger partial charge in [0.25, 0.3) is 17.6 Å². The number of aromatic nitrogens is 7. The van der Waals surface area contributed by atoms with Crippen LogP contribution in [0, 0.1) is 6.92 Å². The first kappa shape index (κ1) is 34.1. The number of alkyl halides is 6. The van der Waals surface area contributed by atoms with Crippen LogP contribution in [0.3, 0.4) is 0 Å². The Hall–Kier alpha value is -5.23. The average molecular weight is 714 g/mol. The van der Waals surface area contributed by atoms with Crippen molar-refractivity contribution in [1.82, 2.24) is 40.3 Å². The second kappa shape index (κ2) is 13.5. The molecule has 2 amide bonds. The highest BCUT2D eigenvalue weighted by atomic mass is 35.5. The number of halogens is 8. The summed E-state index contributed by atoms with van der Waals surface area (Å²) in [6.07, 6.45) is -8.37.